The van der Waals surface area contributed by atoms with Crippen molar-refractivity contribution in [1.82, 2.24) is 5.32 Å². The van der Waals surface area contributed by atoms with E-state index in [1.54, 1.807) is 13.0 Å². The number of benzene rings is 3. The second-order valence-corrected chi connectivity index (χ2v) is 12.0. The summed E-state index contributed by atoms with van der Waals surface area (Å²) in [5, 5.41) is 2.40. The van der Waals surface area contributed by atoms with Gasteiger partial charge in [0.1, 0.15) is 6.10 Å². The molecule has 43 heavy (non-hydrogen) atoms. The smallest absolute Gasteiger partial charge is 0.404 e. The zero-order valence-corrected chi connectivity index (χ0v) is 24.7. The molecule has 1 N–H and O–H groups in total. The van der Waals surface area contributed by atoms with Crippen molar-refractivity contribution in [2.75, 3.05) is 0 Å². The summed E-state index contributed by atoms with van der Waals surface area (Å²) in [4.78, 5) is 25.1. The minimum atomic E-state index is -4.18. The van der Waals surface area contributed by atoms with E-state index in [9.17, 15) is 14.2 Å². The number of ether oxygens (including phenoxy) is 1. The topological polar surface area (TPSA) is 100 Å². The highest BCUT2D eigenvalue weighted by molar-refractivity contribution is 7.48. The fourth-order valence-corrected chi connectivity index (χ4v) is 7.07. The maximum atomic E-state index is 13.5. The molecule has 1 fully saturated rings. The summed E-state index contributed by atoms with van der Waals surface area (Å²) in [7, 11) is -4.18. The molecule has 1 saturated heterocycles. The van der Waals surface area contributed by atoms with Crippen LogP contribution in [-0.2, 0) is 37.9 Å². The average Bonchev–Trinajstić information content (AvgIpc) is 3.40. The van der Waals surface area contributed by atoms with Crippen LogP contribution in [0.1, 0.15) is 36.5 Å². The molecular weight excluding hydrogens is 565 g/mol. The van der Waals surface area contributed by atoms with Crippen molar-refractivity contribution in [3.63, 3.8) is 0 Å². The second-order valence-electron chi connectivity index (χ2n) is 10.5. The Labute approximate surface area is 251 Å². The third kappa shape index (κ3) is 6.27. The summed E-state index contributed by atoms with van der Waals surface area (Å²) in [6.45, 7) is 8.65. The third-order valence-electron chi connectivity index (χ3n) is 7.94. The molecule has 3 aromatic carbocycles. The van der Waals surface area contributed by atoms with Gasteiger partial charge in [0.05, 0.1) is 30.6 Å². The van der Waals surface area contributed by atoms with Crippen LogP contribution in [0.5, 0.6) is 0 Å². The van der Waals surface area contributed by atoms with E-state index in [1.165, 1.54) is 0 Å². The lowest BCUT2D eigenvalue weighted by molar-refractivity contribution is -0.134. The van der Waals surface area contributed by atoms with Gasteiger partial charge in [-0.05, 0) is 30.0 Å². The Morgan fingerprint density at radius 2 is 1.37 bits per heavy atom. The van der Waals surface area contributed by atoms with Crippen LogP contribution in [-0.4, -0.2) is 30.1 Å². The number of carbonyl (C=O) groups is 2. The molecule has 3 aromatic rings. The van der Waals surface area contributed by atoms with Gasteiger partial charge in [-0.15, -0.1) is 0 Å². The Morgan fingerprint density at radius 3 is 1.84 bits per heavy atom. The zero-order chi connectivity index (χ0) is 30.5. The van der Waals surface area contributed by atoms with E-state index < -0.39 is 49.3 Å². The van der Waals surface area contributed by atoms with Crippen LogP contribution in [0.25, 0.3) is 0 Å². The summed E-state index contributed by atoms with van der Waals surface area (Å²) in [6, 6.07) is 30.3. The number of imide groups is 1. The van der Waals surface area contributed by atoms with Gasteiger partial charge >= 0.3 is 7.82 Å². The molecule has 9 heteroatoms. The SMILES string of the molecule is C=COP(=O)(OC=C)O[C@H]1C[C@H](C2C=C(C)C(=O)NC2=O)O[C@@H]1CC(c1ccccc1)(c1ccccc1)c1ccccc1. The first-order valence-electron chi connectivity index (χ1n) is 14.0. The molecule has 4 atom stereocenters. The second kappa shape index (κ2) is 13.0. The van der Waals surface area contributed by atoms with Crippen LogP contribution in [0.4, 0.5) is 0 Å². The van der Waals surface area contributed by atoms with Gasteiger partial charge in [0.2, 0.25) is 5.91 Å². The van der Waals surface area contributed by atoms with Crippen LogP contribution >= 0.6 is 7.82 Å². The molecule has 1 unspecified atom stereocenters. The van der Waals surface area contributed by atoms with E-state index in [-0.39, 0.29) is 6.42 Å². The molecule has 2 aliphatic rings. The largest absolute Gasteiger partial charge is 0.586 e. The summed E-state index contributed by atoms with van der Waals surface area (Å²) < 4.78 is 36.7. The highest BCUT2D eigenvalue weighted by atomic mass is 31.2. The Balaban J connectivity index is 1.63. The molecule has 2 heterocycles. The van der Waals surface area contributed by atoms with Crippen molar-refractivity contribution in [3.8, 4) is 0 Å². The van der Waals surface area contributed by atoms with Crippen LogP contribution in [0, 0.1) is 5.92 Å². The first kappa shape index (κ1) is 30.2. The summed E-state index contributed by atoms with van der Waals surface area (Å²) in [5.74, 6) is -1.66. The normalized spacial score (nSPS) is 22.3. The van der Waals surface area contributed by atoms with Crippen molar-refractivity contribution in [2.24, 2.45) is 5.92 Å². The molecule has 8 nitrogen and oxygen atoms in total. The quantitative estimate of drug-likeness (QED) is 0.108. The monoisotopic (exact) mass is 599 g/mol. The van der Waals surface area contributed by atoms with Gasteiger partial charge in [0, 0.05) is 17.4 Å². The number of rotatable bonds is 12. The summed E-state index contributed by atoms with van der Waals surface area (Å²) >= 11 is 0. The van der Waals surface area contributed by atoms with Gasteiger partial charge in [0.15, 0.2) is 0 Å². The Bertz CT molecular complexity index is 1430. The van der Waals surface area contributed by atoms with Crippen molar-refractivity contribution >= 4 is 19.6 Å². The van der Waals surface area contributed by atoms with Crippen molar-refractivity contribution in [2.45, 2.75) is 43.5 Å². The van der Waals surface area contributed by atoms with Crippen molar-refractivity contribution in [1.29, 1.82) is 0 Å². The summed E-state index contributed by atoms with van der Waals surface area (Å²) in [5.41, 5.74) is 2.73. The minimum absolute atomic E-state index is 0.181. The number of hydrogen-bond acceptors (Lipinski definition) is 7. The molecule has 0 radical (unpaired) electrons. The van der Waals surface area contributed by atoms with Gasteiger partial charge in [0.25, 0.3) is 5.91 Å². The number of carbonyl (C=O) groups excluding carboxylic acids is 2. The number of phosphoric acid groups is 1. The fourth-order valence-electron chi connectivity index (χ4n) is 6.01. The first-order valence-corrected chi connectivity index (χ1v) is 15.5. The van der Waals surface area contributed by atoms with E-state index in [1.807, 2.05) is 54.6 Å². The lowest BCUT2D eigenvalue weighted by Gasteiger charge is -2.39. The van der Waals surface area contributed by atoms with Gasteiger partial charge in [-0.3, -0.25) is 19.4 Å². The average molecular weight is 600 g/mol. The van der Waals surface area contributed by atoms with Crippen molar-refractivity contribution < 1.29 is 32.5 Å². The lowest BCUT2D eigenvalue weighted by Crippen LogP contribution is -2.44. The minimum Gasteiger partial charge on any atom is -0.404 e. The number of phosphoric ester groups is 1. The van der Waals surface area contributed by atoms with Gasteiger partial charge in [-0.2, -0.15) is 0 Å². The standard InChI is InChI=1S/C34H34NO7P/c1-4-39-43(38,40-5-2)42-30-22-29(28-21-24(3)32(36)35-33(28)37)41-31(30)23-34(25-15-9-6-10-16-25,26-17-11-7-12-18-26)27-19-13-8-14-20-27/h4-21,28-31H,1-2,22-23H2,3H3,(H,35,36,37)/t28?,29-,30+,31-/m1/s1. The van der Waals surface area contributed by atoms with Crippen LogP contribution in [0.2, 0.25) is 0 Å². The Kier molecular flexibility index (Phi) is 9.11. The van der Waals surface area contributed by atoms with E-state index in [0.717, 1.165) is 29.2 Å². The molecular formula is C34H34NO7P. The highest BCUT2D eigenvalue weighted by Gasteiger charge is 2.50. The third-order valence-corrected chi connectivity index (χ3v) is 9.28. The summed E-state index contributed by atoms with van der Waals surface area (Å²) in [6.07, 6.45) is 1.92. The molecule has 0 bridgehead atoms. The molecule has 2 amide bonds. The highest BCUT2D eigenvalue weighted by Crippen LogP contribution is 2.55. The van der Waals surface area contributed by atoms with E-state index in [4.69, 9.17) is 18.3 Å². The van der Waals surface area contributed by atoms with Crippen LogP contribution < -0.4 is 5.32 Å². The van der Waals surface area contributed by atoms with Crippen molar-refractivity contribution in [3.05, 3.63) is 145 Å². The lowest BCUT2D eigenvalue weighted by atomic mass is 9.66. The molecule has 0 spiro atoms. The van der Waals surface area contributed by atoms with Gasteiger partial charge in [-0.25, -0.2) is 4.57 Å². The van der Waals surface area contributed by atoms with E-state index in [2.05, 4.69) is 54.9 Å². The van der Waals surface area contributed by atoms with Gasteiger partial charge in [-0.1, -0.05) is 110 Å². The predicted molar refractivity (Wildman–Crippen MR) is 163 cm³/mol. The first-order chi connectivity index (χ1) is 20.8. The predicted octanol–water partition coefficient (Wildman–Crippen LogP) is 6.60. The van der Waals surface area contributed by atoms with E-state index >= 15 is 0 Å². The molecule has 5 rings (SSSR count). The van der Waals surface area contributed by atoms with Gasteiger partial charge < -0.3 is 13.8 Å². The fraction of sp³-hybridized carbons (Fsp3) is 0.235. The molecule has 0 saturated carbocycles. The molecule has 2 aliphatic heterocycles. The molecule has 222 valence electrons. The number of amides is 2. The molecule has 0 aromatic heterocycles. The maximum Gasteiger partial charge on any atom is 0.586 e. The van der Waals surface area contributed by atoms with E-state index in [0.29, 0.717) is 12.0 Å². The maximum absolute atomic E-state index is 13.5. The number of nitrogens with one attached hydrogen (secondary N) is 1. The van der Waals surface area contributed by atoms with Crippen LogP contribution in [0.3, 0.4) is 0 Å². The molecule has 0 aliphatic carbocycles. The Morgan fingerprint density at radius 1 is 0.884 bits per heavy atom. The zero-order valence-electron chi connectivity index (χ0n) is 23.8. The Hall–Kier alpha value is -4.23. The number of hydrogen-bond donors (Lipinski definition) is 1. The van der Waals surface area contributed by atoms with Crippen LogP contribution in [0.15, 0.2) is 128 Å².